The molecular weight excluding hydrogens is 300 g/mol. The second kappa shape index (κ2) is 6.44. The van der Waals surface area contributed by atoms with Crippen molar-refractivity contribution in [3.05, 3.63) is 53.3 Å². The van der Waals surface area contributed by atoms with Gasteiger partial charge in [0.05, 0.1) is 6.54 Å². The fraction of sp³-hybridized carbons (Fsp3) is 0.353. The minimum absolute atomic E-state index is 0.0339. The normalized spacial score (nSPS) is 13.9. The standard InChI is InChI=1S/C17H19ClN2O2/c1-19(10-11-22-15-5-2-4-13(18)12-15)17(21)16-6-3-9-20(16)14-7-8-14/h2-6,9,12,14H,7-8,10-11H2,1H3. The third kappa shape index (κ3) is 3.45. The molecule has 5 heteroatoms. The van der Waals surface area contributed by atoms with Crippen molar-refractivity contribution >= 4 is 17.5 Å². The van der Waals surface area contributed by atoms with Gasteiger partial charge in [-0.25, -0.2) is 0 Å². The molecule has 0 aliphatic heterocycles. The Labute approximate surface area is 135 Å². The number of halogens is 1. The van der Waals surface area contributed by atoms with E-state index in [0.717, 1.165) is 24.3 Å². The number of ether oxygens (including phenoxy) is 1. The van der Waals surface area contributed by atoms with Crippen molar-refractivity contribution in [1.82, 2.24) is 9.47 Å². The predicted octanol–water partition coefficient (Wildman–Crippen LogP) is 3.63. The fourth-order valence-corrected chi connectivity index (χ4v) is 2.58. The van der Waals surface area contributed by atoms with Gasteiger partial charge in [0, 0.05) is 24.3 Å². The molecule has 0 radical (unpaired) electrons. The topological polar surface area (TPSA) is 34.5 Å². The van der Waals surface area contributed by atoms with Crippen LogP contribution in [0.3, 0.4) is 0 Å². The van der Waals surface area contributed by atoms with E-state index in [1.807, 2.05) is 30.5 Å². The second-order valence-electron chi connectivity index (χ2n) is 5.56. The van der Waals surface area contributed by atoms with Crippen molar-refractivity contribution in [3.8, 4) is 5.75 Å². The summed E-state index contributed by atoms with van der Waals surface area (Å²) >= 11 is 5.91. The number of carbonyl (C=O) groups is 1. The van der Waals surface area contributed by atoms with Crippen LogP contribution in [0.5, 0.6) is 5.75 Å². The molecule has 2 aromatic rings. The van der Waals surface area contributed by atoms with Crippen molar-refractivity contribution in [1.29, 1.82) is 0 Å². The number of benzene rings is 1. The summed E-state index contributed by atoms with van der Waals surface area (Å²) in [6, 6.07) is 11.6. The molecule has 1 saturated carbocycles. The maximum absolute atomic E-state index is 12.5. The number of aromatic nitrogens is 1. The van der Waals surface area contributed by atoms with E-state index in [1.54, 1.807) is 24.1 Å². The number of rotatable bonds is 6. The number of likely N-dealkylation sites (N-methyl/N-ethyl adjacent to an activating group) is 1. The smallest absolute Gasteiger partial charge is 0.270 e. The van der Waals surface area contributed by atoms with Gasteiger partial charge in [0.15, 0.2) is 0 Å². The lowest BCUT2D eigenvalue weighted by Gasteiger charge is -2.18. The van der Waals surface area contributed by atoms with Crippen LogP contribution < -0.4 is 4.74 Å². The van der Waals surface area contributed by atoms with Crippen molar-refractivity contribution in [2.24, 2.45) is 0 Å². The first-order valence-corrected chi connectivity index (χ1v) is 7.83. The van der Waals surface area contributed by atoms with Crippen molar-refractivity contribution < 1.29 is 9.53 Å². The van der Waals surface area contributed by atoms with E-state index in [9.17, 15) is 4.79 Å². The molecule has 1 aliphatic rings. The summed E-state index contributed by atoms with van der Waals surface area (Å²) in [7, 11) is 1.80. The highest BCUT2D eigenvalue weighted by Gasteiger charge is 2.27. The van der Waals surface area contributed by atoms with E-state index in [2.05, 4.69) is 4.57 Å². The average molecular weight is 319 g/mol. The van der Waals surface area contributed by atoms with E-state index in [1.165, 1.54) is 0 Å². The van der Waals surface area contributed by atoms with Crippen LogP contribution in [0, 0.1) is 0 Å². The van der Waals surface area contributed by atoms with Crippen molar-refractivity contribution in [2.45, 2.75) is 18.9 Å². The molecule has 0 atom stereocenters. The average Bonchev–Trinajstić information content (AvgIpc) is 3.23. The molecule has 1 amide bonds. The highest BCUT2D eigenvalue weighted by atomic mass is 35.5. The van der Waals surface area contributed by atoms with Crippen LogP contribution in [0.25, 0.3) is 0 Å². The van der Waals surface area contributed by atoms with Gasteiger partial charge in [-0.1, -0.05) is 17.7 Å². The van der Waals surface area contributed by atoms with Gasteiger partial charge in [-0.15, -0.1) is 0 Å². The zero-order chi connectivity index (χ0) is 15.5. The summed E-state index contributed by atoms with van der Waals surface area (Å²) in [6.45, 7) is 0.966. The van der Waals surface area contributed by atoms with Gasteiger partial charge >= 0.3 is 0 Å². The molecule has 22 heavy (non-hydrogen) atoms. The van der Waals surface area contributed by atoms with Gasteiger partial charge in [0.1, 0.15) is 18.1 Å². The Bertz CT molecular complexity index is 664. The molecular formula is C17H19ClN2O2. The lowest BCUT2D eigenvalue weighted by molar-refractivity contribution is 0.0763. The van der Waals surface area contributed by atoms with Gasteiger partial charge in [-0.2, -0.15) is 0 Å². The van der Waals surface area contributed by atoms with E-state index < -0.39 is 0 Å². The third-order valence-corrected chi connectivity index (χ3v) is 4.01. The summed E-state index contributed by atoms with van der Waals surface area (Å²) < 4.78 is 7.71. The maximum atomic E-state index is 12.5. The van der Waals surface area contributed by atoms with Gasteiger partial charge in [0.25, 0.3) is 5.91 Å². The first-order chi connectivity index (χ1) is 10.6. The van der Waals surface area contributed by atoms with E-state index in [0.29, 0.717) is 24.2 Å². The Morgan fingerprint density at radius 1 is 1.36 bits per heavy atom. The largest absolute Gasteiger partial charge is 0.492 e. The summed E-state index contributed by atoms with van der Waals surface area (Å²) in [5, 5.41) is 0.643. The highest BCUT2D eigenvalue weighted by Crippen LogP contribution is 2.36. The van der Waals surface area contributed by atoms with Crippen LogP contribution in [-0.4, -0.2) is 35.6 Å². The van der Waals surface area contributed by atoms with Crippen LogP contribution in [0.15, 0.2) is 42.6 Å². The molecule has 1 aromatic carbocycles. The first-order valence-electron chi connectivity index (χ1n) is 7.46. The summed E-state index contributed by atoms with van der Waals surface area (Å²) in [6.07, 6.45) is 4.31. The van der Waals surface area contributed by atoms with Crippen LogP contribution >= 0.6 is 11.6 Å². The van der Waals surface area contributed by atoms with E-state index >= 15 is 0 Å². The second-order valence-corrected chi connectivity index (χ2v) is 6.00. The zero-order valence-electron chi connectivity index (χ0n) is 12.5. The molecule has 0 saturated heterocycles. The maximum Gasteiger partial charge on any atom is 0.270 e. The van der Waals surface area contributed by atoms with Gasteiger partial charge < -0.3 is 14.2 Å². The number of nitrogens with zero attached hydrogens (tertiary/aromatic N) is 2. The summed E-state index contributed by atoms with van der Waals surface area (Å²) in [5.41, 5.74) is 0.757. The monoisotopic (exact) mass is 318 g/mol. The van der Waals surface area contributed by atoms with E-state index in [4.69, 9.17) is 16.3 Å². The highest BCUT2D eigenvalue weighted by molar-refractivity contribution is 6.30. The first kappa shape index (κ1) is 15.0. The van der Waals surface area contributed by atoms with Gasteiger partial charge in [-0.05, 0) is 43.2 Å². The third-order valence-electron chi connectivity index (χ3n) is 3.78. The minimum Gasteiger partial charge on any atom is -0.492 e. The van der Waals surface area contributed by atoms with Crippen LogP contribution in [0.4, 0.5) is 0 Å². The molecule has 3 rings (SSSR count). The Hall–Kier alpha value is -1.94. The Kier molecular flexibility index (Phi) is 4.39. The van der Waals surface area contributed by atoms with E-state index in [-0.39, 0.29) is 5.91 Å². The SMILES string of the molecule is CN(CCOc1cccc(Cl)c1)C(=O)c1cccn1C1CC1. The molecule has 116 valence electrons. The molecule has 4 nitrogen and oxygen atoms in total. The Morgan fingerprint density at radius 2 is 2.18 bits per heavy atom. The quantitative estimate of drug-likeness (QED) is 0.815. The Balaban J connectivity index is 1.54. The molecule has 1 fully saturated rings. The lowest BCUT2D eigenvalue weighted by Crippen LogP contribution is -2.32. The summed E-state index contributed by atoms with van der Waals surface area (Å²) in [5.74, 6) is 0.751. The predicted molar refractivity (Wildman–Crippen MR) is 86.6 cm³/mol. The van der Waals surface area contributed by atoms with Crippen molar-refractivity contribution in [3.63, 3.8) is 0 Å². The molecule has 0 bridgehead atoms. The van der Waals surface area contributed by atoms with Crippen LogP contribution in [0.2, 0.25) is 5.02 Å². The minimum atomic E-state index is 0.0339. The molecule has 0 N–H and O–H groups in total. The molecule has 0 unspecified atom stereocenters. The molecule has 1 aliphatic carbocycles. The van der Waals surface area contributed by atoms with Crippen LogP contribution in [0.1, 0.15) is 29.4 Å². The molecule has 1 heterocycles. The van der Waals surface area contributed by atoms with Gasteiger partial charge in [-0.3, -0.25) is 4.79 Å². The van der Waals surface area contributed by atoms with Crippen LogP contribution in [-0.2, 0) is 0 Å². The molecule has 1 aromatic heterocycles. The number of carbonyl (C=O) groups excluding carboxylic acids is 1. The fourth-order valence-electron chi connectivity index (χ4n) is 2.40. The summed E-state index contributed by atoms with van der Waals surface area (Å²) in [4.78, 5) is 14.2. The Morgan fingerprint density at radius 3 is 2.91 bits per heavy atom. The van der Waals surface area contributed by atoms with Gasteiger partial charge in [0.2, 0.25) is 0 Å². The number of amides is 1. The lowest BCUT2D eigenvalue weighted by atomic mass is 10.3. The number of hydrogen-bond donors (Lipinski definition) is 0. The number of hydrogen-bond acceptors (Lipinski definition) is 2. The molecule has 0 spiro atoms. The zero-order valence-corrected chi connectivity index (χ0v) is 13.3. The van der Waals surface area contributed by atoms with Crippen molar-refractivity contribution in [2.75, 3.05) is 20.2 Å².